The Hall–Kier alpha value is -2.77. The molecule has 1 aliphatic carbocycles. The predicted molar refractivity (Wildman–Crippen MR) is 126 cm³/mol. The van der Waals surface area contributed by atoms with Crippen molar-refractivity contribution in [3.63, 3.8) is 0 Å². The van der Waals surface area contributed by atoms with E-state index < -0.39 is 0 Å². The van der Waals surface area contributed by atoms with Crippen LogP contribution in [0.4, 0.5) is 5.95 Å². The molecule has 160 valence electrons. The number of fused-ring (bicyclic) bond motifs is 1. The van der Waals surface area contributed by atoms with E-state index in [1.54, 1.807) is 11.9 Å². The molecule has 2 heterocycles. The number of aromatic nitrogens is 3. The quantitative estimate of drug-likeness (QED) is 0.311. The fraction of sp³-hybridized carbons (Fsp3) is 0.333. The first-order chi connectivity index (χ1) is 15.2. The summed E-state index contributed by atoms with van der Waals surface area (Å²) >= 11 is 1.69. The van der Waals surface area contributed by atoms with Crippen LogP contribution in [0.5, 0.6) is 0 Å². The molecule has 6 nitrogen and oxygen atoms in total. The zero-order chi connectivity index (χ0) is 21.2. The van der Waals surface area contributed by atoms with Gasteiger partial charge in [0, 0.05) is 18.2 Å². The molecule has 0 atom stereocenters. The molecule has 0 unspecified atom stereocenters. The van der Waals surface area contributed by atoms with Gasteiger partial charge in [-0.1, -0.05) is 48.3 Å². The van der Waals surface area contributed by atoms with Gasteiger partial charge in [-0.3, -0.25) is 4.72 Å². The Labute approximate surface area is 186 Å². The van der Waals surface area contributed by atoms with E-state index in [1.807, 2.05) is 19.9 Å². The Kier molecular flexibility index (Phi) is 5.70. The van der Waals surface area contributed by atoms with E-state index in [0.29, 0.717) is 6.04 Å². The predicted octanol–water partition coefficient (Wildman–Crippen LogP) is 5.99. The topological polar surface area (TPSA) is 78.8 Å². The highest BCUT2D eigenvalue weighted by atomic mass is 32.2. The van der Waals surface area contributed by atoms with Crippen LogP contribution in [0.2, 0.25) is 0 Å². The molecule has 0 aliphatic heterocycles. The number of aromatic amines is 1. The van der Waals surface area contributed by atoms with E-state index in [1.165, 1.54) is 31.2 Å². The number of imidazole rings is 1. The van der Waals surface area contributed by atoms with Crippen LogP contribution in [0.15, 0.2) is 51.9 Å². The van der Waals surface area contributed by atoms with Crippen molar-refractivity contribution in [1.82, 2.24) is 19.8 Å². The minimum Gasteiger partial charge on any atom is -0.361 e. The first kappa shape index (κ1) is 20.2. The Balaban J connectivity index is 1.48. The van der Waals surface area contributed by atoms with E-state index >= 15 is 0 Å². The van der Waals surface area contributed by atoms with Gasteiger partial charge in [0.05, 0.1) is 16.1 Å². The smallest absolute Gasteiger partial charge is 0.201 e. The van der Waals surface area contributed by atoms with E-state index in [4.69, 9.17) is 9.51 Å². The second kappa shape index (κ2) is 8.77. The maximum absolute atomic E-state index is 5.43. The fourth-order valence-corrected chi connectivity index (χ4v) is 5.23. The van der Waals surface area contributed by atoms with E-state index in [9.17, 15) is 0 Å². The molecule has 0 bridgehead atoms. The molecule has 0 radical (unpaired) electrons. The zero-order valence-corrected chi connectivity index (χ0v) is 18.7. The largest absolute Gasteiger partial charge is 0.361 e. The normalized spacial score (nSPS) is 14.5. The lowest BCUT2D eigenvalue weighted by Crippen LogP contribution is -2.18. The number of aryl methyl sites for hydroxylation is 2. The second-order valence-corrected chi connectivity index (χ2v) is 9.08. The maximum atomic E-state index is 5.43. The molecule has 2 aromatic heterocycles. The molecular formula is C24H27N5OS. The summed E-state index contributed by atoms with van der Waals surface area (Å²) < 4.78 is 9.09. The van der Waals surface area contributed by atoms with E-state index in [2.05, 4.69) is 56.6 Å². The fourth-order valence-electron chi connectivity index (χ4n) is 4.26. The highest BCUT2D eigenvalue weighted by molar-refractivity contribution is 7.97. The van der Waals surface area contributed by atoms with Gasteiger partial charge in [-0.25, -0.2) is 4.98 Å². The molecule has 1 fully saturated rings. The minimum absolute atomic E-state index is 0.567. The molecule has 1 aliphatic rings. The summed E-state index contributed by atoms with van der Waals surface area (Å²) in [5.41, 5.74) is 6.25. The van der Waals surface area contributed by atoms with Gasteiger partial charge < -0.3 is 14.8 Å². The van der Waals surface area contributed by atoms with E-state index in [-0.39, 0.29) is 0 Å². The lowest BCUT2D eigenvalue weighted by atomic mass is 10.0. The number of H-pyrrole nitrogens is 1. The number of nitrogens with one attached hydrogen (secondary N) is 3. The number of rotatable bonds is 7. The second-order valence-electron chi connectivity index (χ2n) is 8.20. The standard InChI is InChI=1S/C24H27N5OS/c1-15-22(16(2)30-28-15)18-12-20-23(21(13-18)31-29-19-10-6-7-11-19)27-24(26-20)25-14-17-8-4-3-5-9-17/h3-5,8-9,12-13,19,29H,6-7,10-11,14H2,1-2H3,(H2,25,26,27). The van der Waals surface area contributed by atoms with Gasteiger partial charge >= 0.3 is 0 Å². The van der Waals surface area contributed by atoms with Crippen LogP contribution in [0.3, 0.4) is 0 Å². The van der Waals surface area contributed by atoms with Crippen LogP contribution < -0.4 is 10.0 Å². The Morgan fingerprint density at radius 3 is 2.68 bits per heavy atom. The highest BCUT2D eigenvalue weighted by Crippen LogP contribution is 2.35. The summed E-state index contributed by atoms with van der Waals surface area (Å²) in [5, 5.41) is 7.57. The number of anilines is 1. The number of nitrogens with zero attached hydrogens (tertiary/aromatic N) is 2. The molecule has 2 aromatic carbocycles. The molecular weight excluding hydrogens is 406 g/mol. The van der Waals surface area contributed by atoms with Crippen molar-refractivity contribution >= 4 is 28.9 Å². The molecule has 4 aromatic rings. The first-order valence-electron chi connectivity index (χ1n) is 10.8. The summed E-state index contributed by atoms with van der Waals surface area (Å²) in [7, 11) is 0. The molecule has 3 N–H and O–H groups in total. The molecule has 0 saturated heterocycles. The van der Waals surface area contributed by atoms with Crippen molar-refractivity contribution < 1.29 is 4.52 Å². The van der Waals surface area contributed by atoms with Gasteiger partial charge in [-0.2, -0.15) is 0 Å². The van der Waals surface area contributed by atoms with Crippen LogP contribution in [0, 0.1) is 13.8 Å². The first-order valence-corrected chi connectivity index (χ1v) is 11.7. The Bertz CT molecular complexity index is 1160. The lowest BCUT2D eigenvalue weighted by Gasteiger charge is -2.12. The van der Waals surface area contributed by atoms with Crippen molar-refractivity contribution in [1.29, 1.82) is 0 Å². The Morgan fingerprint density at radius 1 is 1.13 bits per heavy atom. The van der Waals surface area contributed by atoms with Gasteiger partial charge in [0.25, 0.3) is 0 Å². The highest BCUT2D eigenvalue weighted by Gasteiger charge is 2.19. The average molecular weight is 434 g/mol. The third kappa shape index (κ3) is 4.34. The third-order valence-electron chi connectivity index (χ3n) is 5.87. The van der Waals surface area contributed by atoms with Gasteiger partial charge in [0.1, 0.15) is 11.3 Å². The Morgan fingerprint density at radius 2 is 1.94 bits per heavy atom. The summed E-state index contributed by atoms with van der Waals surface area (Å²) in [6.45, 7) is 4.67. The summed E-state index contributed by atoms with van der Waals surface area (Å²) in [5.74, 6) is 1.61. The minimum atomic E-state index is 0.567. The van der Waals surface area contributed by atoms with Gasteiger partial charge in [0.15, 0.2) is 0 Å². The van der Waals surface area contributed by atoms with Crippen molar-refractivity contribution in [3.8, 4) is 11.1 Å². The number of hydrogen-bond donors (Lipinski definition) is 3. The van der Waals surface area contributed by atoms with Crippen molar-refractivity contribution in [2.45, 2.75) is 57.0 Å². The molecule has 1 saturated carbocycles. The summed E-state index contributed by atoms with van der Waals surface area (Å²) in [4.78, 5) is 9.45. The van der Waals surface area contributed by atoms with Crippen LogP contribution in [-0.4, -0.2) is 21.2 Å². The number of benzene rings is 2. The zero-order valence-electron chi connectivity index (χ0n) is 17.9. The maximum Gasteiger partial charge on any atom is 0.201 e. The molecule has 0 amide bonds. The van der Waals surface area contributed by atoms with Crippen LogP contribution in [0.25, 0.3) is 22.2 Å². The van der Waals surface area contributed by atoms with Crippen molar-refractivity contribution in [2.24, 2.45) is 0 Å². The average Bonchev–Trinajstić information content (AvgIpc) is 3.51. The SMILES string of the molecule is Cc1noc(C)c1-c1cc(SNC2CCCC2)c2nc(NCc3ccccc3)[nH]c2c1. The van der Waals surface area contributed by atoms with Gasteiger partial charge in [-0.05, 0) is 61.9 Å². The third-order valence-corrected chi connectivity index (χ3v) is 6.85. The van der Waals surface area contributed by atoms with E-state index in [0.717, 1.165) is 51.0 Å². The van der Waals surface area contributed by atoms with Gasteiger partial charge in [-0.15, -0.1) is 0 Å². The molecule has 5 rings (SSSR count). The van der Waals surface area contributed by atoms with Gasteiger partial charge in [0.2, 0.25) is 5.95 Å². The van der Waals surface area contributed by atoms with Crippen molar-refractivity contribution in [3.05, 3.63) is 59.5 Å². The molecule has 31 heavy (non-hydrogen) atoms. The van der Waals surface area contributed by atoms with Crippen molar-refractivity contribution in [2.75, 3.05) is 5.32 Å². The lowest BCUT2D eigenvalue weighted by molar-refractivity contribution is 0.393. The van der Waals surface area contributed by atoms with Crippen LogP contribution >= 0.6 is 11.9 Å². The summed E-state index contributed by atoms with van der Waals surface area (Å²) in [6.07, 6.45) is 5.10. The number of hydrogen-bond acceptors (Lipinski definition) is 6. The van der Waals surface area contributed by atoms with Crippen LogP contribution in [-0.2, 0) is 6.54 Å². The summed E-state index contributed by atoms with van der Waals surface area (Å²) in [6, 6.07) is 15.3. The molecule has 0 spiro atoms. The monoisotopic (exact) mass is 433 g/mol. The van der Waals surface area contributed by atoms with Crippen LogP contribution in [0.1, 0.15) is 42.7 Å². The molecule has 7 heteroatoms.